The third-order valence-corrected chi connectivity index (χ3v) is 6.60. The minimum Gasteiger partial charge on any atom is -0.210 e. The fourth-order valence-corrected chi connectivity index (χ4v) is 4.81. The minimum absolute atomic E-state index is 0.235. The van der Waals surface area contributed by atoms with E-state index in [0.29, 0.717) is 11.4 Å². The maximum atomic E-state index is 12.5. The summed E-state index contributed by atoms with van der Waals surface area (Å²) >= 11 is 4.96. The standard InChI is InChI=1S/C15H18BrNO2S2/c1-11-6-7-12(16)9-13(11)21(18,19)17-10-15(2,3)14-5-4-8-20-14/h4-9,17H,10H2,1-3H3. The highest BCUT2D eigenvalue weighted by Crippen LogP contribution is 2.27. The van der Waals surface area contributed by atoms with Gasteiger partial charge in [-0.15, -0.1) is 11.3 Å². The molecule has 0 spiro atoms. The third kappa shape index (κ3) is 3.94. The Morgan fingerprint density at radius 2 is 2.00 bits per heavy atom. The summed E-state index contributed by atoms with van der Waals surface area (Å²) < 4.78 is 28.5. The van der Waals surface area contributed by atoms with Crippen LogP contribution in [-0.4, -0.2) is 15.0 Å². The number of benzene rings is 1. The maximum Gasteiger partial charge on any atom is 0.240 e. The Hall–Kier alpha value is -0.690. The summed E-state index contributed by atoms with van der Waals surface area (Å²) in [4.78, 5) is 1.48. The van der Waals surface area contributed by atoms with Crippen molar-refractivity contribution >= 4 is 37.3 Å². The first-order chi connectivity index (χ1) is 9.72. The molecule has 2 aromatic rings. The van der Waals surface area contributed by atoms with E-state index in [0.717, 1.165) is 14.9 Å². The molecule has 6 heteroatoms. The number of halogens is 1. The topological polar surface area (TPSA) is 46.2 Å². The molecule has 0 radical (unpaired) electrons. The van der Waals surface area contributed by atoms with Crippen LogP contribution in [0.4, 0.5) is 0 Å². The number of hydrogen-bond acceptors (Lipinski definition) is 3. The van der Waals surface area contributed by atoms with Gasteiger partial charge in [0.2, 0.25) is 10.0 Å². The number of hydrogen-bond donors (Lipinski definition) is 1. The van der Waals surface area contributed by atoms with E-state index in [1.54, 1.807) is 30.4 Å². The van der Waals surface area contributed by atoms with Crippen molar-refractivity contribution in [3.8, 4) is 0 Å². The zero-order valence-corrected chi connectivity index (χ0v) is 15.4. The first-order valence-corrected chi connectivity index (χ1v) is 9.68. The largest absolute Gasteiger partial charge is 0.240 e. The van der Waals surface area contributed by atoms with E-state index in [4.69, 9.17) is 0 Å². The summed E-state index contributed by atoms with van der Waals surface area (Å²) in [5.74, 6) is 0. The summed E-state index contributed by atoms with van der Waals surface area (Å²) in [5.41, 5.74) is 0.501. The lowest BCUT2D eigenvalue weighted by atomic mass is 9.92. The van der Waals surface area contributed by atoms with Gasteiger partial charge >= 0.3 is 0 Å². The number of thiophene rings is 1. The second-order valence-corrected chi connectivity index (χ2v) is 9.19. The molecular weight excluding hydrogens is 370 g/mol. The van der Waals surface area contributed by atoms with Crippen LogP contribution in [0.3, 0.4) is 0 Å². The Bertz CT molecular complexity index is 722. The summed E-state index contributed by atoms with van der Waals surface area (Å²) in [6, 6.07) is 9.28. The van der Waals surface area contributed by atoms with Gasteiger partial charge < -0.3 is 0 Å². The number of nitrogens with one attached hydrogen (secondary N) is 1. The highest BCUT2D eigenvalue weighted by molar-refractivity contribution is 9.10. The fourth-order valence-electron chi connectivity index (χ4n) is 1.97. The van der Waals surface area contributed by atoms with Crippen LogP contribution in [0, 0.1) is 6.92 Å². The van der Waals surface area contributed by atoms with E-state index in [9.17, 15) is 8.42 Å². The van der Waals surface area contributed by atoms with E-state index in [2.05, 4.69) is 20.7 Å². The second-order valence-electron chi connectivity index (χ2n) is 5.60. The van der Waals surface area contributed by atoms with E-state index in [1.807, 2.05) is 37.4 Å². The Morgan fingerprint density at radius 1 is 1.29 bits per heavy atom. The van der Waals surface area contributed by atoms with Crippen molar-refractivity contribution in [1.82, 2.24) is 4.72 Å². The van der Waals surface area contributed by atoms with Crippen LogP contribution in [0.15, 0.2) is 45.1 Å². The lowest BCUT2D eigenvalue weighted by Crippen LogP contribution is -2.36. The zero-order valence-electron chi connectivity index (χ0n) is 12.2. The van der Waals surface area contributed by atoms with Crippen molar-refractivity contribution in [2.75, 3.05) is 6.54 Å². The van der Waals surface area contributed by atoms with Crippen molar-refractivity contribution in [3.63, 3.8) is 0 Å². The molecule has 0 aliphatic carbocycles. The predicted molar refractivity (Wildman–Crippen MR) is 91.4 cm³/mol. The highest BCUT2D eigenvalue weighted by Gasteiger charge is 2.25. The average Bonchev–Trinajstić information content (AvgIpc) is 2.94. The lowest BCUT2D eigenvalue weighted by Gasteiger charge is -2.24. The van der Waals surface area contributed by atoms with Crippen LogP contribution < -0.4 is 4.72 Å². The summed E-state index contributed by atoms with van der Waals surface area (Å²) in [6.45, 7) is 6.23. The molecule has 0 bridgehead atoms. The van der Waals surface area contributed by atoms with Crippen molar-refractivity contribution in [2.24, 2.45) is 0 Å². The van der Waals surface area contributed by atoms with Gasteiger partial charge in [0.15, 0.2) is 0 Å². The number of aryl methyl sites for hydroxylation is 1. The minimum atomic E-state index is -3.51. The van der Waals surface area contributed by atoms with Gasteiger partial charge in [-0.3, -0.25) is 0 Å². The Kier molecular flexibility index (Phi) is 4.92. The van der Waals surface area contributed by atoms with E-state index in [-0.39, 0.29) is 5.41 Å². The van der Waals surface area contributed by atoms with Crippen molar-refractivity contribution in [3.05, 3.63) is 50.6 Å². The van der Waals surface area contributed by atoms with Crippen LogP contribution in [0.25, 0.3) is 0 Å². The summed E-state index contributed by atoms with van der Waals surface area (Å²) in [7, 11) is -3.51. The van der Waals surface area contributed by atoms with Gasteiger partial charge in [-0.05, 0) is 36.1 Å². The maximum absolute atomic E-state index is 12.5. The fraction of sp³-hybridized carbons (Fsp3) is 0.333. The lowest BCUT2D eigenvalue weighted by molar-refractivity contribution is 0.509. The van der Waals surface area contributed by atoms with Crippen LogP contribution in [-0.2, 0) is 15.4 Å². The van der Waals surface area contributed by atoms with Crippen LogP contribution in [0.5, 0.6) is 0 Å². The first kappa shape index (κ1) is 16.7. The van der Waals surface area contributed by atoms with Gasteiger partial charge in [-0.25, -0.2) is 13.1 Å². The molecule has 114 valence electrons. The van der Waals surface area contributed by atoms with Gasteiger partial charge in [-0.2, -0.15) is 0 Å². The predicted octanol–water partition coefficient (Wildman–Crippen LogP) is 4.08. The molecule has 0 atom stereocenters. The molecule has 0 saturated heterocycles. The molecule has 0 amide bonds. The van der Waals surface area contributed by atoms with E-state index in [1.165, 1.54) is 0 Å². The second kappa shape index (κ2) is 6.20. The molecule has 0 fully saturated rings. The molecular formula is C15H18BrNO2S2. The molecule has 0 unspecified atom stereocenters. The van der Waals surface area contributed by atoms with Gasteiger partial charge in [0.05, 0.1) is 4.90 Å². The number of sulfonamides is 1. The quantitative estimate of drug-likeness (QED) is 0.839. The van der Waals surface area contributed by atoms with E-state index >= 15 is 0 Å². The molecule has 0 saturated carbocycles. The molecule has 1 heterocycles. The van der Waals surface area contributed by atoms with Crippen LogP contribution in [0.2, 0.25) is 0 Å². The van der Waals surface area contributed by atoms with Crippen LogP contribution in [0.1, 0.15) is 24.3 Å². The van der Waals surface area contributed by atoms with Crippen molar-refractivity contribution < 1.29 is 8.42 Å². The zero-order chi connectivity index (χ0) is 15.7. The molecule has 1 aromatic heterocycles. The molecule has 21 heavy (non-hydrogen) atoms. The molecule has 1 N–H and O–H groups in total. The van der Waals surface area contributed by atoms with Crippen molar-refractivity contribution in [1.29, 1.82) is 0 Å². The molecule has 0 aliphatic heterocycles. The third-order valence-electron chi connectivity index (χ3n) is 3.33. The Morgan fingerprint density at radius 3 is 2.62 bits per heavy atom. The summed E-state index contributed by atoms with van der Waals surface area (Å²) in [5, 5.41) is 2.00. The van der Waals surface area contributed by atoms with Gasteiger partial charge in [0.1, 0.15) is 0 Å². The Balaban J connectivity index is 2.21. The smallest absolute Gasteiger partial charge is 0.210 e. The monoisotopic (exact) mass is 387 g/mol. The van der Waals surface area contributed by atoms with Crippen molar-refractivity contribution in [2.45, 2.75) is 31.1 Å². The molecule has 2 rings (SSSR count). The SMILES string of the molecule is Cc1ccc(Br)cc1S(=O)(=O)NCC(C)(C)c1cccs1. The molecule has 3 nitrogen and oxygen atoms in total. The summed E-state index contributed by atoms with van der Waals surface area (Å²) in [6.07, 6.45) is 0. The normalized spacial score (nSPS) is 12.6. The Labute approximate surface area is 138 Å². The number of rotatable bonds is 5. The molecule has 0 aliphatic rings. The van der Waals surface area contributed by atoms with Crippen LogP contribution >= 0.6 is 27.3 Å². The van der Waals surface area contributed by atoms with Gasteiger partial charge in [0, 0.05) is 21.3 Å². The highest BCUT2D eigenvalue weighted by atomic mass is 79.9. The van der Waals surface area contributed by atoms with Gasteiger partial charge in [0.25, 0.3) is 0 Å². The molecule has 1 aromatic carbocycles. The average molecular weight is 388 g/mol. The van der Waals surface area contributed by atoms with Gasteiger partial charge in [-0.1, -0.05) is 41.9 Å². The first-order valence-electron chi connectivity index (χ1n) is 6.52. The van der Waals surface area contributed by atoms with E-state index < -0.39 is 10.0 Å².